The first-order chi connectivity index (χ1) is 12.9. The standard InChI is InChI=1S/C20H36O6.BH4.Cs/c1-2-6-18-17(5-1)23-13-9-21-11-15-25-19-7-3-4-8-20(19)26-16-12-22-10-14-24-18;;/h17-20H,1-16H2;1H4;/q;-1;+1. The molecule has 0 N–H and O–H groups in total. The van der Waals surface area contributed by atoms with Gasteiger partial charge in [-0.2, -0.15) is 0 Å². The third kappa shape index (κ3) is 10.5. The molecule has 2 saturated carbocycles. The van der Waals surface area contributed by atoms with E-state index in [0.717, 1.165) is 25.7 Å². The van der Waals surface area contributed by atoms with Crippen LogP contribution in [0.2, 0.25) is 0 Å². The van der Waals surface area contributed by atoms with E-state index >= 15 is 0 Å². The summed E-state index contributed by atoms with van der Waals surface area (Å²) in [7, 11) is 0. The minimum absolute atomic E-state index is 0. The first-order valence-electron chi connectivity index (χ1n) is 10.6. The van der Waals surface area contributed by atoms with Crippen LogP contribution in [0.4, 0.5) is 0 Å². The van der Waals surface area contributed by atoms with Crippen molar-refractivity contribution in [3.05, 3.63) is 0 Å². The average Bonchev–Trinajstić information content (AvgIpc) is 2.68. The summed E-state index contributed by atoms with van der Waals surface area (Å²) in [5.41, 5.74) is 0. The van der Waals surface area contributed by atoms with Gasteiger partial charge in [0, 0.05) is 0 Å². The summed E-state index contributed by atoms with van der Waals surface area (Å²) in [6.45, 7) is 4.93. The SMILES string of the molecule is C1CCC2OCCOCCOC3CCCCC3OCCOCCOC2C1.[BH4-].[Cs+]. The first-order valence-corrected chi connectivity index (χ1v) is 10.6. The maximum atomic E-state index is 6.03. The molecule has 0 amide bonds. The average molecular weight is 520 g/mol. The fourth-order valence-electron chi connectivity index (χ4n) is 4.13. The molecular formula is C20H40BCsO6. The van der Waals surface area contributed by atoms with Crippen molar-refractivity contribution < 1.29 is 97.3 Å². The van der Waals surface area contributed by atoms with Crippen LogP contribution in [0.1, 0.15) is 51.4 Å². The molecule has 4 atom stereocenters. The van der Waals surface area contributed by atoms with Crippen molar-refractivity contribution in [2.45, 2.75) is 75.8 Å². The van der Waals surface area contributed by atoms with Gasteiger partial charge < -0.3 is 28.4 Å². The van der Waals surface area contributed by atoms with Gasteiger partial charge in [-0.05, 0) is 25.7 Å². The van der Waals surface area contributed by atoms with Crippen molar-refractivity contribution in [3.63, 3.8) is 0 Å². The monoisotopic (exact) mass is 520 g/mol. The van der Waals surface area contributed by atoms with E-state index in [1.165, 1.54) is 25.7 Å². The van der Waals surface area contributed by atoms with Crippen LogP contribution in [0, 0.1) is 0 Å². The molecule has 0 bridgehead atoms. The predicted molar refractivity (Wildman–Crippen MR) is 109 cm³/mol. The van der Waals surface area contributed by atoms with E-state index in [4.69, 9.17) is 28.4 Å². The molecule has 4 unspecified atom stereocenters. The summed E-state index contributed by atoms with van der Waals surface area (Å²) in [5.74, 6) is 0. The van der Waals surface area contributed by atoms with Crippen molar-refractivity contribution in [3.8, 4) is 0 Å². The molecule has 160 valence electrons. The Hall–Kier alpha value is 1.88. The molecule has 0 spiro atoms. The molecule has 1 saturated heterocycles. The van der Waals surface area contributed by atoms with E-state index in [1.807, 2.05) is 0 Å². The molecular weight excluding hydrogens is 480 g/mol. The van der Waals surface area contributed by atoms with Crippen molar-refractivity contribution in [2.75, 3.05) is 52.9 Å². The summed E-state index contributed by atoms with van der Waals surface area (Å²) in [5, 5.41) is 0. The van der Waals surface area contributed by atoms with Crippen LogP contribution in [0.15, 0.2) is 0 Å². The van der Waals surface area contributed by atoms with E-state index in [0.29, 0.717) is 52.9 Å². The largest absolute Gasteiger partial charge is 1.00 e. The van der Waals surface area contributed by atoms with Gasteiger partial charge in [0.15, 0.2) is 0 Å². The molecule has 1 heterocycles. The third-order valence-corrected chi connectivity index (χ3v) is 5.52. The molecule has 1 aliphatic heterocycles. The van der Waals surface area contributed by atoms with Crippen LogP contribution in [0.3, 0.4) is 0 Å². The Morgan fingerprint density at radius 1 is 0.393 bits per heavy atom. The molecule has 3 rings (SSSR count). The maximum absolute atomic E-state index is 6.03. The van der Waals surface area contributed by atoms with Crippen LogP contribution in [-0.2, 0) is 28.4 Å². The molecule has 0 aromatic rings. The van der Waals surface area contributed by atoms with E-state index in [-0.39, 0.29) is 102 Å². The minimum atomic E-state index is 0. The Morgan fingerprint density at radius 2 is 0.643 bits per heavy atom. The van der Waals surface area contributed by atoms with E-state index in [9.17, 15) is 0 Å². The van der Waals surface area contributed by atoms with E-state index < -0.39 is 0 Å². The molecule has 8 heteroatoms. The van der Waals surface area contributed by atoms with Crippen molar-refractivity contribution in [2.24, 2.45) is 0 Å². The van der Waals surface area contributed by atoms with Gasteiger partial charge in [0.1, 0.15) is 0 Å². The van der Waals surface area contributed by atoms with Crippen LogP contribution in [-0.4, -0.2) is 85.7 Å². The van der Waals surface area contributed by atoms with E-state index in [2.05, 4.69) is 0 Å². The Kier molecular flexibility index (Phi) is 17.4. The summed E-state index contributed by atoms with van der Waals surface area (Å²) >= 11 is 0. The van der Waals surface area contributed by atoms with Crippen molar-refractivity contribution >= 4 is 8.41 Å². The van der Waals surface area contributed by atoms with Crippen LogP contribution >= 0.6 is 0 Å². The van der Waals surface area contributed by atoms with Gasteiger partial charge in [-0.1, -0.05) is 34.1 Å². The fourth-order valence-corrected chi connectivity index (χ4v) is 4.13. The molecule has 6 nitrogen and oxygen atoms in total. The van der Waals surface area contributed by atoms with Gasteiger partial charge in [0.2, 0.25) is 0 Å². The Bertz CT molecular complexity index is 313. The second-order valence-electron chi connectivity index (χ2n) is 7.43. The molecule has 0 aromatic carbocycles. The van der Waals surface area contributed by atoms with Gasteiger partial charge in [-0.25, -0.2) is 0 Å². The van der Waals surface area contributed by atoms with Crippen molar-refractivity contribution in [1.29, 1.82) is 0 Å². The van der Waals surface area contributed by atoms with Gasteiger partial charge in [-0.15, -0.1) is 0 Å². The second kappa shape index (κ2) is 17.4. The molecule has 3 aliphatic rings. The number of ether oxygens (including phenoxy) is 6. The zero-order valence-corrected chi connectivity index (χ0v) is 23.4. The normalized spacial score (nSPS) is 34.3. The fraction of sp³-hybridized carbons (Fsp3) is 1.00. The third-order valence-electron chi connectivity index (χ3n) is 5.52. The van der Waals surface area contributed by atoms with Gasteiger partial charge in [0.25, 0.3) is 0 Å². The molecule has 2 aliphatic carbocycles. The zero-order valence-electron chi connectivity index (χ0n) is 17.1. The minimum Gasteiger partial charge on any atom is -0.377 e. The predicted octanol–water partition coefficient (Wildman–Crippen LogP) is -1.73. The summed E-state index contributed by atoms with van der Waals surface area (Å²) in [6, 6.07) is 0. The number of hydrogen-bond acceptors (Lipinski definition) is 6. The Morgan fingerprint density at radius 3 is 0.893 bits per heavy atom. The molecule has 28 heavy (non-hydrogen) atoms. The van der Waals surface area contributed by atoms with Crippen LogP contribution < -0.4 is 68.9 Å². The first kappa shape index (κ1) is 27.9. The Labute approximate surface area is 231 Å². The molecule has 0 aromatic heterocycles. The van der Waals surface area contributed by atoms with Crippen molar-refractivity contribution in [1.82, 2.24) is 0 Å². The van der Waals surface area contributed by atoms with Gasteiger partial charge in [0.05, 0.1) is 77.3 Å². The Balaban J connectivity index is 0.00000196. The summed E-state index contributed by atoms with van der Waals surface area (Å²) in [6.07, 6.45) is 9.93. The summed E-state index contributed by atoms with van der Waals surface area (Å²) in [4.78, 5) is 0. The number of fused-ring (bicyclic) bond motifs is 2. The van der Waals surface area contributed by atoms with Gasteiger partial charge >= 0.3 is 68.9 Å². The smallest absolute Gasteiger partial charge is 0.377 e. The zero-order chi connectivity index (χ0) is 17.9. The molecule has 0 radical (unpaired) electrons. The number of hydrogen-bond donors (Lipinski definition) is 0. The quantitative estimate of drug-likeness (QED) is 0.355. The number of rotatable bonds is 0. The van der Waals surface area contributed by atoms with E-state index in [1.54, 1.807) is 0 Å². The summed E-state index contributed by atoms with van der Waals surface area (Å²) < 4.78 is 35.5. The molecule has 3 fully saturated rings. The van der Waals surface area contributed by atoms with Crippen LogP contribution in [0.5, 0.6) is 0 Å². The van der Waals surface area contributed by atoms with Gasteiger partial charge in [-0.3, -0.25) is 0 Å². The topological polar surface area (TPSA) is 55.4 Å². The second-order valence-corrected chi connectivity index (χ2v) is 7.43. The maximum Gasteiger partial charge on any atom is 1.00 e. The van der Waals surface area contributed by atoms with Crippen LogP contribution in [0.25, 0.3) is 0 Å².